The third-order valence-electron chi connectivity index (χ3n) is 4.61. The fourth-order valence-electron chi connectivity index (χ4n) is 2.72. The Morgan fingerprint density at radius 3 is 2.60 bits per heavy atom. The first-order valence-corrected chi connectivity index (χ1v) is 8.18. The predicted molar refractivity (Wildman–Crippen MR) is 82.6 cm³/mol. The molecule has 1 aliphatic rings. The molecule has 1 aromatic heterocycles. The van der Waals surface area contributed by atoms with Crippen molar-refractivity contribution in [3.05, 3.63) is 12.2 Å². The highest BCUT2D eigenvalue weighted by molar-refractivity contribution is 4.96. The van der Waals surface area contributed by atoms with Crippen LogP contribution in [0.4, 0.5) is 0 Å². The predicted octanol–water partition coefficient (Wildman–Crippen LogP) is 3.04. The van der Waals surface area contributed by atoms with E-state index in [9.17, 15) is 0 Å². The van der Waals surface area contributed by atoms with Crippen LogP contribution in [-0.4, -0.2) is 27.4 Å². The Balaban J connectivity index is 2.04. The van der Waals surface area contributed by atoms with E-state index in [-0.39, 0.29) is 0 Å². The summed E-state index contributed by atoms with van der Waals surface area (Å²) in [4.78, 5) is 4.52. The maximum absolute atomic E-state index is 4.52. The zero-order chi connectivity index (χ0) is 14.6. The van der Waals surface area contributed by atoms with Gasteiger partial charge in [-0.3, -0.25) is 0 Å². The molecule has 0 bridgehead atoms. The molecule has 114 valence electrons. The topological polar surface area (TPSA) is 42.7 Å². The van der Waals surface area contributed by atoms with Crippen LogP contribution < -0.4 is 5.32 Å². The van der Waals surface area contributed by atoms with E-state index in [0.717, 1.165) is 31.4 Å². The summed E-state index contributed by atoms with van der Waals surface area (Å²) in [5.41, 5.74) is 0.324. The van der Waals surface area contributed by atoms with Gasteiger partial charge in [0, 0.05) is 25.6 Å². The SMILES string of the molecule is CCC(CC)(CNC1CC1)Cc1ncnn1CC(C)C. The van der Waals surface area contributed by atoms with Gasteiger partial charge < -0.3 is 5.32 Å². The molecule has 0 atom stereocenters. The number of hydrogen-bond donors (Lipinski definition) is 1. The number of rotatable bonds is 9. The molecule has 2 rings (SSSR count). The maximum Gasteiger partial charge on any atom is 0.138 e. The summed E-state index contributed by atoms with van der Waals surface area (Å²) < 4.78 is 2.10. The molecule has 1 saturated carbocycles. The van der Waals surface area contributed by atoms with Crippen molar-refractivity contribution in [3.8, 4) is 0 Å². The zero-order valence-corrected chi connectivity index (χ0v) is 13.5. The Labute approximate surface area is 123 Å². The molecule has 4 heteroatoms. The summed E-state index contributed by atoms with van der Waals surface area (Å²) in [5.74, 6) is 1.76. The van der Waals surface area contributed by atoms with Crippen LogP contribution >= 0.6 is 0 Å². The summed E-state index contributed by atoms with van der Waals surface area (Å²) in [6, 6.07) is 0.779. The molecule has 0 radical (unpaired) electrons. The van der Waals surface area contributed by atoms with E-state index in [2.05, 4.69) is 47.8 Å². The average Bonchev–Trinajstić information content (AvgIpc) is 3.17. The summed E-state index contributed by atoms with van der Waals surface area (Å²) in [5, 5.41) is 8.12. The number of nitrogens with zero attached hydrogens (tertiary/aromatic N) is 3. The van der Waals surface area contributed by atoms with E-state index < -0.39 is 0 Å². The molecule has 1 N–H and O–H groups in total. The minimum absolute atomic E-state index is 0.324. The monoisotopic (exact) mass is 278 g/mol. The second-order valence-electron chi connectivity index (χ2n) is 6.79. The van der Waals surface area contributed by atoms with Crippen molar-refractivity contribution in [1.29, 1.82) is 0 Å². The fraction of sp³-hybridized carbons (Fsp3) is 0.875. The minimum atomic E-state index is 0.324. The van der Waals surface area contributed by atoms with Gasteiger partial charge in [-0.25, -0.2) is 9.67 Å². The largest absolute Gasteiger partial charge is 0.313 e. The van der Waals surface area contributed by atoms with Crippen LogP contribution in [0.1, 0.15) is 59.2 Å². The van der Waals surface area contributed by atoms with Gasteiger partial charge in [-0.2, -0.15) is 5.10 Å². The van der Waals surface area contributed by atoms with E-state index in [0.29, 0.717) is 11.3 Å². The second kappa shape index (κ2) is 6.70. The first kappa shape index (κ1) is 15.5. The van der Waals surface area contributed by atoms with Gasteiger partial charge in [-0.15, -0.1) is 0 Å². The Morgan fingerprint density at radius 2 is 2.05 bits per heavy atom. The highest BCUT2D eigenvalue weighted by Crippen LogP contribution is 2.31. The van der Waals surface area contributed by atoms with Crippen molar-refractivity contribution in [1.82, 2.24) is 20.1 Å². The van der Waals surface area contributed by atoms with Crippen molar-refractivity contribution in [3.63, 3.8) is 0 Å². The van der Waals surface area contributed by atoms with Crippen molar-refractivity contribution < 1.29 is 0 Å². The van der Waals surface area contributed by atoms with Crippen LogP contribution in [0.2, 0.25) is 0 Å². The fourth-order valence-corrected chi connectivity index (χ4v) is 2.72. The average molecular weight is 278 g/mol. The van der Waals surface area contributed by atoms with Gasteiger partial charge in [0.05, 0.1) is 0 Å². The first-order chi connectivity index (χ1) is 9.58. The summed E-state index contributed by atoms with van der Waals surface area (Å²) >= 11 is 0. The van der Waals surface area contributed by atoms with Crippen LogP contribution in [0.15, 0.2) is 6.33 Å². The van der Waals surface area contributed by atoms with Gasteiger partial charge in [0.2, 0.25) is 0 Å². The van der Waals surface area contributed by atoms with Crippen LogP contribution in [0.3, 0.4) is 0 Å². The minimum Gasteiger partial charge on any atom is -0.313 e. The molecule has 1 aromatic rings. The van der Waals surface area contributed by atoms with Crippen molar-refractivity contribution in [2.45, 2.75) is 72.4 Å². The molecule has 0 aromatic carbocycles. The molecule has 1 heterocycles. The molecule has 0 amide bonds. The lowest BCUT2D eigenvalue weighted by molar-refractivity contribution is 0.235. The van der Waals surface area contributed by atoms with E-state index in [1.54, 1.807) is 6.33 Å². The van der Waals surface area contributed by atoms with Gasteiger partial charge in [-0.05, 0) is 37.0 Å². The normalized spacial score (nSPS) is 16.1. The molecule has 1 aliphatic carbocycles. The third kappa shape index (κ3) is 4.05. The summed E-state index contributed by atoms with van der Waals surface area (Å²) in [6.07, 6.45) is 7.84. The van der Waals surface area contributed by atoms with Gasteiger partial charge >= 0.3 is 0 Å². The van der Waals surface area contributed by atoms with Gasteiger partial charge in [0.1, 0.15) is 12.2 Å². The van der Waals surface area contributed by atoms with Gasteiger partial charge in [-0.1, -0.05) is 27.7 Å². The number of aromatic nitrogens is 3. The van der Waals surface area contributed by atoms with Crippen LogP contribution in [-0.2, 0) is 13.0 Å². The van der Waals surface area contributed by atoms with E-state index in [4.69, 9.17) is 0 Å². The molecule has 1 fully saturated rings. The lowest BCUT2D eigenvalue weighted by Crippen LogP contribution is -2.37. The van der Waals surface area contributed by atoms with Gasteiger partial charge in [0.15, 0.2) is 0 Å². The van der Waals surface area contributed by atoms with E-state index >= 15 is 0 Å². The first-order valence-electron chi connectivity index (χ1n) is 8.18. The van der Waals surface area contributed by atoms with Crippen LogP contribution in [0, 0.1) is 11.3 Å². The van der Waals surface area contributed by atoms with Crippen LogP contribution in [0.25, 0.3) is 0 Å². The smallest absolute Gasteiger partial charge is 0.138 e. The lowest BCUT2D eigenvalue weighted by Gasteiger charge is -2.32. The number of nitrogens with one attached hydrogen (secondary N) is 1. The molecule has 0 spiro atoms. The molecule has 0 aliphatic heterocycles. The standard InChI is InChI=1S/C16H30N4/c1-5-16(6-2,11-17-14-7-8-14)9-15-18-12-19-20(15)10-13(3)4/h12-14,17H,5-11H2,1-4H3. The van der Waals surface area contributed by atoms with Crippen molar-refractivity contribution >= 4 is 0 Å². The number of hydrogen-bond acceptors (Lipinski definition) is 3. The Hall–Kier alpha value is -0.900. The highest BCUT2D eigenvalue weighted by atomic mass is 15.3. The van der Waals surface area contributed by atoms with Crippen LogP contribution in [0.5, 0.6) is 0 Å². The lowest BCUT2D eigenvalue weighted by atomic mass is 9.78. The molecule has 4 nitrogen and oxygen atoms in total. The quantitative estimate of drug-likeness (QED) is 0.755. The molecule has 20 heavy (non-hydrogen) atoms. The summed E-state index contributed by atoms with van der Waals surface area (Å²) in [7, 11) is 0. The van der Waals surface area contributed by atoms with E-state index in [1.807, 2.05) is 0 Å². The Morgan fingerprint density at radius 1 is 1.35 bits per heavy atom. The second-order valence-corrected chi connectivity index (χ2v) is 6.79. The molecule has 0 saturated heterocycles. The maximum atomic E-state index is 4.52. The van der Waals surface area contributed by atoms with E-state index in [1.165, 1.54) is 25.7 Å². The zero-order valence-electron chi connectivity index (χ0n) is 13.5. The van der Waals surface area contributed by atoms with Crippen molar-refractivity contribution in [2.75, 3.05) is 6.54 Å². The summed E-state index contributed by atoms with van der Waals surface area (Å²) in [6.45, 7) is 11.1. The molecular weight excluding hydrogens is 248 g/mol. The molecule has 0 unspecified atom stereocenters. The third-order valence-corrected chi connectivity index (χ3v) is 4.61. The highest BCUT2D eigenvalue weighted by Gasteiger charge is 2.31. The van der Waals surface area contributed by atoms with Gasteiger partial charge in [0.25, 0.3) is 0 Å². The Bertz CT molecular complexity index is 402. The van der Waals surface area contributed by atoms with Crippen molar-refractivity contribution in [2.24, 2.45) is 11.3 Å². The Kier molecular flexibility index (Phi) is 5.19. The molecular formula is C16H30N4.